The molecule has 3 aromatic rings. The van der Waals surface area contributed by atoms with Gasteiger partial charge in [-0.25, -0.2) is 4.98 Å². The quantitative estimate of drug-likeness (QED) is 0.768. The van der Waals surface area contributed by atoms with E-state index in [1.807, 2.05) is 61.3 Å². The topological polar surface area (TPSA) is 69.7 Å². The van der Waals surface area contributed by atoms with Crippen molar-refractivity contribution in [1.29, 1.82) is 0 Å². The lowest BCUT2D eigenvalue weighted by Gasteiger charge is -2.17. The summed E-state index contributed by atoms with van der Waals surface area (Å²) in [6, 6.07) is 13.7. The van der Waals surface area contributed by atoms with Gasteiger partial charge in [-0.05, 0) is 25.1 Å². The maximum Gasteiger partial charge on any atom is 0.231 e. The number of aryl methyl sites for hydroxylation is 1. The van der Waals surface area contributed by atoms with E-state index in [4.69, 9.17) is 0 Å². The van der Waals surface area contributed by atoms with E-state index in [0.717, 1.165) is 17.2 Å². The molecular weight excluding hydrogens is 264 g/mol. The van der Waals surface area contributed by atoms with E-state index in [9.17, 15) is 0 Å². The zero-order chi connectivity index (χ0) is 14.7. The van der Waals surface area contributed by atoms with Crippen LogP contribution in [-0.4, -0.2) is 27.2 Å². The highest BCUT2D eigenvalue weighted by molar-refractivity contribution is 5.59. The summed E-state index contributed by atoms with van der Waals surface area (Å²) in [4.78, 5) is 10.7. The van der Waals surface area contributed by atoms with Crippen LogP contribution in [0.5, 0.6) is 0 Å². The van der Waals surface area contributed by atoms with Crippen LogP contribution in [-0.2, 0) is 0 Å². The van der Waals surface area contributed by atoms with E-state index in [0.29, 0.717) is 11.8 Å². The molecule has 0 bridgehead atoms. The molecule has 0 saturated heterocycles. The molecule has 0 unspecified atom stereocenters. The van der Waals surface area contributed by atoms with Crippen molar-refractivity contribution in [3.63, 3.8) is 0 Å². The summed E-state index contributed by atoms with van der Waals surface area (Å²) >= 11 is 0. The van der Waals surface area contributed by atoms with Crippen LogP contribution in [0.25, 0.3) is 0 Å². The summed E-state index contributed by atoms with van der Waals surface area (Å²) in [6.45, 7) is 1.95. The maximum absolute atomic E-state index is 4.50. The number of benzene rings is 1. The fourth-order valence-corrected chi connectivity index (χ4v) is 1.96. The van der Waals surface area contributed by atoms with Gasteiger partial charge in [-0.3, -0.25) is 5.10 Å². The number of H-pyrrole nitrogens is 1. The Morgan fingerprint density at radius 3 is 2.62 bits per heavy atom. The third kappa shape index (κ3) is 3.00. The summed E-state index contributed by atoms with van der Waals surface area (Å²) in [5.41, 5.74) is 2.03. The molecule has 3 rings (SSSR count). The number of nitrogens with zero attached hydrogens (tertiary/aromatic N) is 4. The van der Waals surface area contributed by atoms with Crippen molar-refractivity contribution < 1.29 is 0 Å². The fourth-order valence-electron chi connectivity index (χ4n) is 1.96. The van der Waals surface area contributed by atoms with Crippen LogP contribution >= 0.6 is 0 Å². The van der Waals surface area contributed by atoms with Gasteiger partial charge in [0, 0.05) is 30.7 Å². The normalized spacial score (nSPS) is 10.4. The smallest absolute Gasteiger partial charge is 0.231 e. The number of hydrogen-bond donors (Lipinski definition) is 2. The summed E-state index contributed by atoms with van der Waals surface area (Å²) in [7, 11) is 1.94. The second-order valence-electron chi connectivity index (χ2n) is 4.70. The molecule has 0 fully saturated rings. The van der Waals surface area contributed by atoms with Gasteiger partial charge in [0.2, 0.25) is 5.95 Å². The average molecular weight is 280 g/mol. The van der Waals surface area contributed by atoms with Gasteiger partial charge >= 0.3 is 0 Å². The molecule has 0 aliphatic heterocycles. The van der Waals surface area contributed by atoms with E-state index >= 15 is 0 Å². The van der Waals surface area contributed by atoms with E-state index in [2.05, 4.69) is 25.5 Å². The van der Waals surface area contributed by atoms with E-state index in [1.54, 1.807) is 6.20 Å². The van der Waals surface area contributed by atoms with Crippen molar-refractivity contribution in [3.05, 3.63) is 54.4 Å². The lowest BCUT2D eigenvalue weighted by molar-refractivity contribution is 1.03. The molecule has 0 saturated carbocycles. The van der Waals surface area contributed by atoms with Crippen molar-refractivity contribution in [3.8, 4) is 0 Å². The van der Waals surface area contributed by atoms with Crippen molar-refractivity contribution in [2.45, 2.75) is 6.92 Å². The molecule has 6 nitrogen and oxygen atoms in total. The van der Waals surface area contributed by atoms with Gasteiger partial charge < -0.3 is 10.2 Å². The van der Waals surface area contributed by atoms with Crippen molar-refractivity contribution in [2.75, 3.05) is 17.3 Å². The monoisotopic (exact) mass is 280 g/mol. The molecule has 0 radical (unpaired) electrons. The molecule has 2 aromatic heterocycles. The Morgan fingerprint density at radius 2 is 1.90 bits per heavy atom. The third-order valence-electron chi connectivity index (χ3n) is 3.05. The van der Waals surface area contributed by atoms with Gasteiger partial charge in [-0.2, -0.15) is 10.1 Å². The summed E-state index contributed by atoms with van der Waals surface area (Å²) in [6.07, 6.45) is 1.73. The summed E-state index contributed by atoms with van der Waals surface area (Å²) in [5, 5.41) is 10.2. The standard InChI is InChI=1S/C15H16N6/c1-11-10-14(20-19-11)17-13-8-9-16-15(18-13)21(2)12-6-4-3-5-7-12/h3-10H,1-2H3,(H2,16,17,18,19,20). The Kier molecular flexibility index (Phi) is 3.51. The first-order valence-corrected chi connectivity index (χ1v) is 6.63. The summed E-state index contributed by atoms with van der Waals surface area (Å²) < 4.78 is 0. The molecule has 106 valence electrons. The number of rotatable bonds is 4. The molecule has 0 aliphatic carbocycles. The highest BCUT2D eigenvalue weighted by atomic mass is 15.3. The zero-order valence-corrected chi connectivity index (χ0v) is 11.9. The Hall–Kier alpha value is -2.89. The van der Waals surface area contributed by atoms with Gasteiger partial charge in [0.15, 0.2) is 5.82 Å². The Balaban J connectivity index is 1.83. The first-order chi connectivity index (χ1) is 10.2. The van der Waals surface area contributed by atoms with E-state index in [-0.39, 0.29) is 0 Å². The molecule has 2 heterocycles. The highest BCUT2D eigenvalue weighted by Gasteiger charge is 2.08. The molecule has 2 N–H and O–H groups in total. The van der Waals surface area contributed by atoms with Crippen LogP contribution in [0.1, 0.15) is 5.69 Å². The number of anilines is 4. The Bertz CT molecular complexity index is 722. The average Bonchev–Trinajstić information content (AvgIpc) is 2.93. The zero-order valence-electron chi connectivity index (χ0n) is 11.9. The fraction of sp³-hybridized carbons (Fsp3) is 0.133. The minimum Gasteiger partial charge on any atom is -0.323 e. The molecule has 0 amide bonds. The van der Waals surface area contributed by atoms with Crippen LogP contribution in [0.15, 0.2) is 48.7 Å². The van der Waals surface area contributed by atoms with Crippen molar-refractivity contribution >= 4 is 23.3 Å². The van der Waals surface area contributed by atoms with Crippen LogP contribution in [0.2, 0.25) is 0 Å². The Morgan fingerprint density at radius 1 is 1.10 bits per heavy atom. The van der Waals surface area contributed by atoms with Gasteiger partial charge in [0.05, 0.1) is 0 Å². The first-order valence-electron chi connectivity index (χ1n) is 6.63. The predicted octanol–water partition coefficient (Wildman–Crippen LogP) is 3.02. The molecule has 6 heteroatoms. The van der Waals surface area contributed by atoms with Gasteiger partial charge in [-0.1, -0.05) is 18.2 Å². The second kappa shape index (κ2) is 5.62. The first kappa shape index (κ1) is 13.1. The second-order valence-corrected chi connectivity index (χ2v) is 4.70. The van der Waals surface area contributed by atoms with Gasteiger partial charge in [-0.15, -0.1) is 0 Å². The number of aromatic nitrogens is 4. The summed E-state index contributed by atoms with van der Waals surface area (Å²) in [5.74, 6) is 2.06. The van der Waals surface area contributed by atoms with E-state index < -0.39 is 0 Å². The minimum absolute atomic E-state index is 0.624. The number of aromatic amines is 1. The lowest BCUT2D eigenvalue weighted by Crippen LogP contribution is -2.13. The maximum atomic E-state index is 4.50. The third-order valence-corrected chi connectivity index (χ3v) is 3.05. The SMILES string of the molecule is Cc1cc(Nc2ccnc(N(C)c3ccccc3)n2)n[nH]1. The van der Waals surface area contributed by atoms with Crippen LogP contribution in [0.4, 0.5) is 23.3 Å². The van der Waals surface area contributed by atoms with Crippen molar-refractivity contribution in [2.24, 2.45) is 0 Å². The van der Waals surface area contributed by atoms with E-state index in [1.165, 1.54) is 0 Å². The largest absolute Gasteiger partial charge is 0.323 e. The predicted molar refractivity (Wildman–Crippen MR) is 83.1 cm³/mol. The van der Waals surface area contributed by atoms with Gasteiger partial charge in [0.1, 0.15) is 5.82 Å². The number of nitrogens with one attached hydrogen (secondary N) is 2. The molecule has 0 spiro atoms. The highest BCUT2D eigenvalue weighted by Crippen LogP contribution is 2.21. The molecular formula is C15H16N6. The minimum atomic E-state index is 0.624. The lowest BCUT2D eigenvalue weighted by atomic mass is 10.3. The molecule has 1 aromatic carbocycles. The van der Waals surface area contributed by atoms with Crippen LogP contribution < -0.4 is 10.2 Å². The van der Waals surface area contributed by atoms with Crippen LogP contribution in [0, 0.1) is 6.92 Å². The molecule has 0 atom stereocenters. The number of para-hydroxylation sites is 1. The van der Waals surface area contributed by atoms with Crippen LogP contribution in [0.3, 0.4) is 0 Å². The van der Waals surface area contributed by atoms with Crippen molar-refractivity contribution in [1.82, 2.24) is 20.2 Å². The molecule has 21 heavy (non-hydrogen) atoms. The Labute approximate surface area is 122 Å². The molecule has 0 aliphatic rings. The van der Waals surface area contributed by atoms with Gasteiger partial charge in [0.25, 0.3) is 0 Å². The number of hydrogen-bond acceptors (Lipinski definition) is 5.